The molecule has 0 radical (unpaired) electrons. The SMILES string of the molecule is O=C(O)C1=COC(OC2OC(CO)C(O)C(O)C2O)C2C1C=CC21C=C(C(O)c2ccc(O)cc2)C(=O)O1. The zero-order valence-electron chi connectivity index (χ0n) is 19.6. The Morgan fingerprint density at radius 3 is 2.45 bits per heavy atom. The Kier molecular flexibility index (Phi) is 6.77. The van der Waals surface area contributed by atoms with Crippen LogP contribution in [0, 0.1) is 11.8 Å². The molecule has 1 saturated heterocycles. The molecule has 0 saturated carbocycles. The predicted molar refractivity (Wildman–Crippen MR) is 122 cm³/mol. The van der Waals surface area contributed by atoms with Gasteiger partial charge in [0.15, 0.2) is 11.9 Å². The second kappa shape index (κ2) is 9.78. The standard InChI is InChI=1S/C25H26O13/c26-8-15-18(29)19(30)20(31)24(36-15)37-23-16-12(14(9-35-23)21(32)33)5-6-25(16)7-13(22(34)38-25)17(28)10-1-3-11(27)4-2-10/h1-7,9,12,15-20,23-24,26-31H,8H2,(H,32,33). The van der Waals surface area contributed by atoms with E-state index < -0.39 is 79.1 Å². The number of aliphatic hydroxyl groups excluding tert-OH is 5. The molecule has 10 unspecified atom stereocenters. The molecular formula is C25H26O13. The lowest BCUT2D eigenvalue weighted by Gasteiger charge is -2.44. The number of hydrogen-bond acceptors (Lipinski definition) is 12. The number of allylic oxidation sites excluding steroid dienone is 1. The summed E-state index contributed by atoms with van der Waals surface area (Å²) in [5, 5.41) is 70.1. The summed E-state index contributed by atoms with van der Waals surface area (Å²) in [7, 11) is 0. The maximum absolute atomic E-state index is 12.9. The van der Waals surface area contributed by atoms with Crippen LogP contribution in [0.2, 0.25) is 0 Å². The number of rotatable bonds is 6. The summed E-state index contributed by atoms with van der Waals surface area (Å²) in [5.41, 5.74) is -1.64. The van der Waals surface area contributed by atoms with Crippen LogP contribution >= 0.6 is 0 Å². The fourth-order valence-electron chi connectivity index (χ4n) is 5.19. The smallest absolute Gasteiger partial charge is 0.338 e. The lowest BCUT2D eigenvalue weighted by atomic mass is 9.78. The Morgan fingerprint density at radius 2 is 1.79 bits per heavy atom. The van der Waals surface area contributed by atoms with Gasteiger partial charge in [-0.25, -0.2) is 9.59 Å². The van der Waals surface area contributed by atoms with Gasteiger partial charge < -0.3 is 54.7 Å². The molecule has 1 fully saturated rings. The normalized spacial score (nSPS) is 38.7. The number of benzene rings is 1. The average Bonchev–Trinajstić information content (AvgIpc) is 3.43. The van der Waals surface area contributed by atoms with Gasteiger partial charge in [0.05, 0.1) is 29.9 Å². The van der Waals surface area contributed by atoms with E-state index in [1.807, 2.05) is 0 Å². The monoisotopic (exact) mass is 534 g/mol. The van der Waals surface area contributed by atoms with Crippen LogP contribution in [0.1, 0.15) is 11.7 Å². The summed E-state index contributed by atoms with van der Waals surface area (Å²) < 4.78 is 22.4. The van der Waals surface area contributed by atoms with E-state index in [-0.39, 0.29) is 16.9 Å². The minimum Gasteiger partial charge on any atom is -0.508 e. The van der Waals surface area contributed by atoms with Crippen LogP contribution in [0.25, 0.3) is 0 Å². The lowest BCUT2D eigenvalue weighted by Crippen LogP contribution is -2.60. The first-order chi connectivity index (χ1) is 18.1. The van der Waals surface area contributed by atoms with Gasteiger partial charge in [-0.3, -0.25) is 0 Å². The summed E-state index contributed by atoms with van der Waals surface area (Å²) >= 11 is 0. The minimum absolute atomic E-state index is 0.0394. The van der Waals surface area contributed by atoms with Crippen molar-refractivity contribution >= 4 is 11.9 Å². The molecule has 204 valence electrons. The molecule has 0 bridgehead atoms. The van der Waals surface area contributed by atoms with Gasteiger partial charge in [0.25, 0.3) is 0 Å². The fourth-order valence-corrected chi connectivity index (χ4v) is 5.19. The van der Waals surface area contributed by atoms with Crippen LogP contribution in [-0.2, 0) is 28.5 Å². The Bertz CT molecular complexity index is 1190. The third-order valence-electron chi connectivity index (χ3n) is 7.21. The van der Waals surface area contributed by atoms with Crippen molar-refractivity contribution in [2.75, 3.05) is 6.61 Å². The molecular weight excluding hydrogens is 508 g/mol. The molecule has 1 aromatic carbocycles. The van der Waals surface area contributed by atoms with Gasteiger partial charge in [0.2, 0.25) is 6.29 Å². The molecule has 5 rings (SSSR count). The maximum atomic E-state index is 12.9. The second-order valence-corrected chi connectivity index (χ2v) is 9.46. The van der Waals surface area contributed by atoms with E-state index >= 15 is 0 Å². The zero-order chi connectivity index (χ0) is 27.4. The van der Waals surface area contributed by atoms with Crippen LogP contribution in [-0.4, -0.2) is 96.9 Å². The molecule has 7 N–H and O–H groups in total. The van der Waals surface area contributed by atoms with Crippen LogP contribution in [0.4, 0.5) is 0 Å². The number of carbonyl (C=O) groups excluding carboxylic acids is 1. The number of aliphatic carboxylic acids is 1. The molecule has 13 heteroatoms. The van der Waals surface area contributed by atoms with Gasteiger partial charge in [0.1, 0.15) is 36.3 Å². The zero-order valence-corrected chi connectivity index (χ0v) is 19.6. The topological polar surface area (TPSA) is 213 Å². The van der Waals surface area contributed by atoms with Gasteiger partial charge in [-0.2, -0.15) is 0 Å². The molecule has 10 atom stereocenters. The number of carbonyl (C=O) groups is 2. The van der Waals surface area contributed by atoms with Crippen molar-refractivity contribution in [2.45, 2.75) is 48.7 Å². The molecule has 3 aliphatic heterocycles. The number of carboxylic acid groups (broad SMARTS) is 1. The number of fused-ring (bicyclic) bond motifs is 2. The van der Waals surface area contributed by atoms with Gasteiger partial charge in [0, 0.05) is 5.92 Å². The number of aromatic hydroxyl groups is 1. The molecule has 13 nitrogen and oxygen atoms in total. The summed E-state index contributed by atoms with van der Waals surface area (Å²) in [6, 6.07) is 5.52. The number of hydrogen-bond donors (Lipinski definition) is 7. The van der Waals surface area contributed by atoms with Crippen molar-refractivity contribution in [3.63, 3.8) is 0 Å². The van der Waals surface area contributed by atoms with Gasteiger partial charge in [-0.15, -0.1) is 0 Å². The summed E-state index contributed by atoms with van der Waals surface area (Å²) in [5.74, 6) is -4.19. The highest BCUT2D eigenvalue weighted by Gasteiger charge is 2.59. The van der Waals surface area contributed by atoms with Crippen LogP contribution in [0.3, 0.4) is 0 Å². The molecule has 0 amide bonds. The van der Waals surface area contributed by atoms with Crippen molar-refractivity contribution in [1.29, 1.82) is 0 Å². The quantitative estimate of drug-likeness (QED) is 0.165. The second-order valence-electron chi connectivity index (χ2n) is 9.46. The highest BCUT2D eigenvalue weighted by atomic mass is 16.8. The number of phenols is 1. The van der Waals surface area contributed by atoms with Crippen LogP contribution in [0.15, 0.2) is 59.9 Å². The minimum atomic E-state index is -1.77. The van der Waals surface area contributed by atoms with E-state index in [1.165, 1.54) is 42.5 Å². The molecule has 1 aliphatic carbocycles. The Labute approximate surface area is 215 Å². The number of carboxylic acids is 1. The fraction of sp³-hybridized carbons (Fsp3) is 0.440. The molecule has 1 spiro atoms. The number of ether oxygens (including phenoxy) is 4. The van der Waals surface area contributed by atoms with Crippen LogP contribution < -0.4 is 0 Å². The number of esters is 1. The van der Waals surface area contributed by atoms with Gasteiger partial charge >= 0.3 is 11.9 Å². The van der Waals surface area contributed by atoms with E-state index in [1.54, 1.807) is 0 Å². The highest BCUT2D eigenvalue weighted by molar-refractivity contribution is 5.94. The first kappa shape index (κ1) is 26.3. The largest absolute Gasteiger partial charge is 0.508 e. The average molecular weight is 534 g/mol. The third-order valence-corrected chi connectivity index (χ3v) is 7.21. The molecule has 4 aliphatic rings. The van der Waals surface area contributed by atoms with E-state index in [4.69, 9.17) is 18.9 Å². The van der Waals surface area contributed by atoms with E-state index in [0.29, 0.717) is 5.56 Å². The molecule has 1 aromatic rings. The van der Waals surface area contributed by atoms with Crippen LogP contribution in [0.5, 0.6) is 5.75 Å². The Hall–Kier alpha value is -3.30. The maximum Gasteiger partial charge on any atom is 0.338 e. The van der Waals surface area contributed by atoms with Crippen molar-refractivity contribution in [1.82, 2.24) is 0 Å². The lowest BCUT2D eigenvalue weighted by molar-refractivity contribution is -0.344. The predicted octanol–water partition coefficient (Wildman–Crippen LogP) is -1.41. The van der Waals surface area contributed by atoms with Gasteiger partial charge in [-0.1, -0.05) is 18.2 Å². The number of aliphatic hydroxyl groups is 5. The molecule has 3 heterocycles. The molecule has 38 heavy (non-hydrogen) atoms. The highest BCUT2D eigenvalue weighted by Crippen LogP contribution is 2.51. The first-order valence-corrected chi connectivity index (χ1v) is 11.7. The third kappa shape index (κ3) is 4.27. The summed E-state index contributed by atoms with van der Waals surface area (Å²) in [6.45, 7) is -0.699. The van der Waals surface area contributed by atoms with E-state index in [2.05, 4.69) is 0 Å². The first-order valence-electron chi connectivity index (χ1n) is 11.7. The number of phenolic OH excluding ortho intramolecular Hbond substituents is 1. The van der Waals surface area contributed by atoms with Crippen molar-refractivity contribution in [2.24, 2.45) is 11.8 Å². The van der Waals surface area contributed by atoms with E-state index in [0.717, 1.165) is 6.26 Å². The molecule has 0 aromatic heterocycles. The van der Waals surface area contributed by atoms with Crippen molar-refractivity contribution < 1.29 is 64.3 Å². The van der Waals surface area contributed by atoms with Crippen molar-refractivity contribution in [3.05, 3.63) is 65.5 Å². The Balaban J connectivity index is 1.48. The van der Waals surface area contributed by atoms with Crippen molar-refractivity contribution in [3.8, 4) is 5.75 Å². The summed E-state index contributed by atoms with van der Waals surface area (Å²) in [6.07, 6.45) is -5.61. The van der Waals surface area contributed by atoms with Gasteiger partial charge in [-0.05, 0) is 29.8 Å². The van der Waals surface area contributed by atoms with E-state index in [9.17, 15) is 45.3 Å². The Morgan fingerprint density at radius 1 is 1.08 bits per heavy atom. The summed E-state index contributed by atoms with van der Waals surface area (Å²) in [4.78, 5) is 24.8.